The monoisotopic (exact) mass is 380 g/mol. The lowest BCUT2D eigenvalue weighted by atomic mass is 9.99. The zero-order chi connectivity index (χ0) is 19.9. The summed E-state index contributed by atoms with van der Waals surface area (Å²) in [7, 11) is 3.09. The number of hydrogen-bond acceptors (Lipinski definition) is 4. The van der Waals surface area contributed by atoms with Gasteiger partial charge in [-0.25, -0.2) is 4.79 Å². The van der Waals surface area contributed by atoms with Gasteiger partial charge in [-0.05, 0) is 34.9 Å². The normalized spacial score (nSPS) is 11.7. The maximum Gasteiger partial charge on any atom is 0.319 e. The van der Waals surface area contributed by atoms with Gasteiger partial charge in [-0.3, -0.25) is 0 Å². The first kappa shape index (κ1) is 19.5. The molecule has 28 heavy (non-hydrogen) atoms. The minimum Gasteiger partial charge on any atom is -0.493 e. The Labute approximate surface area is 164 Å². The Balaban J connectivity index is 1.55. The molecule has 3 N–H and O–H groups in total. The lowest BCUT2D eigenvalue weighted by molar-refractivity contribution is 0.169. The Morgan fingerprint density at radius 1 is 1.00 bits per heavy atom. The second kappa shape index (κ2) is 9.10. The summed E-state index contributed by atoms with van der Waals surface area (Å²) in [5.74, 6) is 1.12. The number of nitrogens with one attached hydrogen (secondary N) is 2. The van der Waals surface area contributed by atoms with Crippen LogP contribution < -0.4 is 20.1 Å². The number of methoxy groups -OCH3 is 2. The van der Waals surface area contributed by atoms with Gasteiger partial charge in [0.1, 0.15) is 0 Å². The Bertz CT molecular complexity index is 953. The van der Waals surface area contributed by atoms with Gasteiger partial charge in [0.05, 0.1) is 20.3 Å². The van der Waals surface area contributed by atoms with Crippen LogP contribution in [0.25, 0.3) is 10.8 Å². The van der Waals surface area contributed by atoms with Crippen LogP contribution in [0.1, 0.15) is 18.1 Å². The van der Waals surface area contributed by atoms with Crippen LogP contribution in [0.2, 0.25) is 0 Å². The van der Waals surface area contributed by atoms with Gasteiger partial charge in [-0.2, -0.15) is 0 Å². The van der Waals surface area contributed by atoms with Gasteiger partial charge in [0, 0.05) is 18.3 Å². The van der Waals surface area contributed by atoms with Crippen molar-refractivity contribution in [1.82, 2.24) is 5.32 Å². The number of hydrogen-bond donors (Lipinski definition) is 3. The van der Waals surface area contributed by atoms with Crippen LogP contribution in [0.15, 0.2) is 60.7 Å². The molecular weight excluding hydrogens is 356 g/mol. The highest BCUT2D eigenvalue weighted by molar-refractivity contribution is 5.89. The average molecular weight is 380 g/mol. The average Bonchev–Trinajstić information content (AvgIpc) is 2.73. The molecule has 0 heterocycles. The molecule has 3 aromatic rings. The second-order valence-electron chi connectivity index (χ2n) is 6.32. The zero-order valence-corrected chi connectivity index (χ0v) is 15.9. The fourth-order valence-electron chi connectivity index (χ4n) is 3.11. The van der Waals surface area contributed by atoms with Crippen molar-refractivity contribution >= 4 is 22.5 Å². The minimum atomic E-state index is -0.660. The zero-order valence-electron chi connectivity index (χ0n) is 15.9. The second-order valence-corrected chi connectivity index (χ2v) is 6.32. The third-order valence-electron chi connectivity index (χ3n) is 4.53. The molecule has 2 amide bonds. The van der Waals surface area contributed by atoms with Crippen molar-refractivity contribution in [3.8, 4) is 11.5 Å². The van der Waals surface area contributed by atoms with E-state index in [-0.39, 0.29) is 6.03 Å². The van der Waals surface area contributed by atoms with Crippen LogP contribution in [0.5, 0.6) is 11.5 Å². The first-order valence-corrected chi connectivity index (χ1v) is 9.05. The molecule has 0 saturated carbocycles. The molecular formula is C22H24N2O4. The predicted molar refractivity (Wildman–Crippen MR) is 110 cm³/mol. The third kappa shape index (κ3) is 4.53. The fraction of sp³-hybridized carbons (Fsp3) is 0.227. The predicted octanol–water partition coefficient (Wildman–Crippen LogP) is 4.10. The summed E-state index contributed by atoms with van der Waals surface area (Å²) in [6.07, 6.45) is -0.250. The Kier molecular flexibility index (Phi) is 6.34. The molecule has 0 radical (unpaired) electrons. The van der Waals surface area contributed by atoms with Crippen LogP contribution in [-0.4, -0.2) is 31.9 Å². The number of aliphatic hydroxyl groups is 1. The molecule has 0 aliphatic rings. The van der Waals surface area contributed by atoms with Crippen LogP contribution in [0.3, 0.4) is 0 Å². The Morgan fingerprint density at radius 3 is 2.54 bits per heavy atom. The van der Waals surface area contributed by atoms with Gasteiger partial charge in [0.25, 0.3) is 0 Å². The van der Waals surface area contributed by atoms with Crippen molar-refractivity contribution < 1.29 is 19.4 Å². The number of carbonyl (C=O) groups excluding carboxylic acids is 1. The van der Waals surface area contributed by atoms with Crippen LogP contribution in [-0.2, 0) is 0 Å². The molecule has 0 aliphatic carbocycles. The van der Waals surface area contributed by atoms with E-state index >= 15 is 0 Å². The van der Waals surface area contributed by atoms with Crippen LogP contribution >= 0.6 is 0 Å². The maximum absolute atomic E-state index is 12.1. The summed E-state index contributed by atoms with van der Waals surface area (Å²) in [6, 6.07) is 18.6. The molecule has 3 aromatic carbocycles. The van der Waals surface area contributed by atoms with Crippen molar-refractivity contribution in [2.45, 2.75) is 12.5 Å². The molecule has 0 aliphatic heterocycles. The van der Waals surface area contributed by atoms with E-state index in [4.69, 9.17) is 9.47 Å². The Hall–Kier alpha value is -3.25. The highest BCUT2D eigenvalue weighted by Crippen LogP contribution is 2.29. The molecule has 3 rings (SSSR count). The summed E-state index contributed by atoms with van der Waals surface area (Å²) in [4.78, 5) is 12.1. The molecule has 0 bridgehead atoms. The van der Waals surface area contributed by atoms with Gasteiger partial charge >= 0.3 is 6.03 Å². The van der Waals surface area contributed by atoms with Gasteiger partial charge in [-0.15, -0.1) is 0 Å². The first-order chi connectivity index (χ1) is 13.6. The van der Waals surface area contributed by atoms with E-state index in [1.165, 1.54) is 7.11 Å². The van der Waals surface area contributed by atoms with E-state index in [1.54, 1.807) is 25.3 Å². The maximum atomic E-state index is 12.1. The molecule has 6 heteroatoms. The van der Waals surface area contributed by atoms with E-state index in [9.17, 15) is 9.90 Å². The number of aliphatic hydroxyl groups excluding tert-OH is 1. The number of fused-ring (bicyclic) bond motifs is 1. The van der Waals surface area contributed by atoms with Crippen molar-refractivity contribution in [1.29, 1.82) is 0 Å². The number of rotatable bonds is 7. The summed E-state index contributed by atoms with van der Waals surface area (Å²) in [5.41, 5.74) is 1.45. The number of urea groups is 1. The van der Waals surface area contributed by atoms with Gasteiger partial charge in [-0.1, -0.05) is 42.5 Å². The van der Waals surface area contributed by atoms with E-state index in [2.05, 4.69) is 10.6 Å². The number of carbonyl (C=O) groups is 1. The number of benzene rings is 3. The van der Waals surface area contributed by atoms with E-state index in [0.29, 0.717) is 30.2 Å². The van der Waals surface area contributed by atoms with E-state index < -0.39 is 6.10 Å². The SMILES string of the molecule is COc1ccc(NC(=O)NCCC(O)c2cccc3ccccc23)cc1OC. The van der Waals surface area contributed by atoms with E-state index in [1.807, 2.05) is 42.5 Å². The summed E-state index contributed by atoms with van der Waals surface area (Å²) in [6.45, 7) is 0.337. The third-order valence-corrected chi connectivity index (χ3v) is 4.53. The van der Waals surface area contributed by atoms with Crippen LogP contribution in [0.4, 0.5) is 10.5 Å². The van der Waals surface area contributed by atoms with Gasteiger partial charge in [0.15, 0.2) is 11.5 Å². The topological polar surface area (TPSA) is 79.8 Å². The molecule has 0 spiro atoms. The van der Waals surface area contributed by atoms with Crippen LogP contribution in [0, 0.1) is 0 Å². The van der Waals surface area contributed by atoms with Crippen molar-refractivity contribution in [3.05, 3.63) is 66.2 Å². The molecule has 1 atom stereocenters. The van der Waals surface area contributed by atoms with Crippen molar-refractivity contribution in [2.24, 2.45) is 0 Å². The highest BCUT2D eigenvalue weighted by atomic mass is 16.5. The molecule has 6 nitrogen and oxygen atoms in total. The summed E-state index contributed by atoms with van der Waals surface area (Å²) >= 11 is 0. The van der Waals surface area contributed by atoms with Gasteiger partial charge in [0.2, 0.25) is 0 Å². The molecule has 1 unspecified atom stereocenters. The quantitative estimate of drug-likeness (QED) is 0.576. The lowest BCUT2D eigenvalue weighted by Crippen LogP contribution is -2.30. The summed E-state index contributed by atoms with van der Waals surface area (Å²) < 4.78 is 10.4. The summed E-state index contributed by atoms with van der Waals surface area (Å²) in [5, 5.41) is 18.2. The lowest BCUT2D eigenvalue weighted by Gasteiger charge is -2.15. The number of amides is 2. The number of ether oxygens (including phenoxy) is 2. The minimum absolute atomic E-state index is 0.337. The van der Waals surface area contributed by atoms with Crippen molar-refractivity contribution in [3.63, 3.8) is 0 Å². The number of anilines is 1. The molecule has 0 fully saturated rings. The first-order valence-electron chi connectivity index (χ1n) is 9.05. The smallest absolute Gasteiger partial charge is 0.319 e. The largest absolute Gasteiger partial charge is 0.493 e. The Morgan fingerprint density at radius 2 is 1.75 bits per heavy atom. The fourth-order valence-corrected chi connectivity index (χ4v) is 3.11. The van der Waals surface area contributed by atoms with Crippen molar-refractivity contribution in [2.75, 3.05) is 26.1 Å². The molecule has 146 valence electrons. The van der Waals surface area contributed by atoms with Gasteiger partial charge < -0.3 is 25.2 Å². The molecule has 0 aromatic heterocycles. The highest BCUT2D eigenvalue weighted by Gasteiger charge is 2.12. The molecule has 0 saturated heterocycles. The van der Waals surface area contributed by atoms with E-state index in [0.717, 1.165) is 16.3 Å². The standard InChI is InChI=1S/C22H24N2O4/c1-27-20-11-10-16(14-21(20)28-2)24-22(26)23-13-12-19(25)18-9-5-7-15-6-3-4-8-17(15)18/h3-11,14,19,25H,12-13H2,1-2H3,(H2,23,24,26).